The Morgan fingerprint density at radius 1 is 1.35 bits per heavy atom. The van der Waals surface area contributed by atoms with Crippen LogP contribution in [0.3, 0.4) is 0 Å². The number of benzene rings is 1. The molecule has 26 heavy (non-hydrogen) atoms. The first-order valence-electron chi connectivity index (χ1n) is 7.88. The van der Waals surface area contributed by atoms with E-state index < -0.39 is 18.3 Å². The van der Waals surface area contributed by atoms with E-state index in [0.29, 0.717) is 5.69 Å². The summed E-state index contributed by atoms with van der Waals surface area (Å²) in [6, 6.07) is 5.97. The van der Waals surface area contributed by atoms with Crippen LogP contribution in [0.1, 0.15) is 11.1 Å². The minimum absolute atomic E-state index is 0.176. The van der Waals surface area contributed by atoms with E-state index in [4.69, 9.17) is 5.11 Å². The van der Waals surface area contributed by atoms with Gasteiger partial charge in [0.1, 0.15) is 5.82 Å². The van der Waals surface area contributed by atoms with Crippen LogP contribution in [0.25, 0.3) is 17.2 Å². The van der Waals surface area contributed by atoms with E-state index in [1.54, 1.807) is 29.3 Å². The highest BCUT2D eigenvalue weighted by Gasteiger charge is 2.07. The van der Waals surface area contributed by atoms with Crippen LogP contribution < -0.4 is 5.32 Å². The van der Waals surface area contributed by atoms with E-state index in [-0.39, 0.29) is 5.56 Å². The van der Waals surface area contributed by atoms with E-state index in [1.807, 2.05) is 19.3 Å². The predicted octanol–water partition coefficient (Wildman–Crippen LogP) is 2.77. The molecular formula is C19H17FN4O2. The lowest BCUT2D eigenvalue weighted by molar-refractivity contribution is -0.111. The van der Waals surface area contributed by atoms with Crippen molar-refractivity contribution in [2.75, 3.05) is 5.32 Å². The Bertz CT molecular complexity index is 966. The van der Waals surface area contributed by atoms with E-state index in [0.717, 1.165) is 16.7 Å². The summed E-state index contributed by atoms with van der Waals surface area (Å²) in [5.74, 6) is -0.970. The number of carbonyl (C=O) groups is 1. The number of rotatable bonds is 5. The fraction of sp³-hybridized carbons (Fsp3) is 0.105. The van der Waals surface area contributed by atoms with Gasteiger partial charge in [-0.2, -0.15) is 5.10 Å². The van der Waals surface area contributed by atoms with Gasteiger partial charge in [-0.25, -0.2) is 4.39 Å². The maximum Gasteiger partial charge on any atom is 0.248 e. The topological polar surface area (TPSA) is 80.0 Å². The molecule has 0 spiro atoms. The van der Waals surface area contributed by atoms with Gasteiger partial charge in [-0.3, -0.25) is 14.5 Å². The molecule has 0 unspecified atom stereocenters. The summed E-state index contributed by atoms with van der Waals surface area (Å²) in [6.45, 7) is -0.391. The second-order valence-corrected chi connectivity index (χ2v) is 5.65. The third-order valence-electron chi connectivity index (χ3n) is 3.77. The van der Waals surface area contributed by atoms with Crippen molar-refractivity contribution in [2.24, 2.45) is 7.05 Å². The summed E-state index contributed by atoms with van der Waals surface area (Å²) < 4.78 is 15.3. The number of nitrogens with one attached hydrogen (secondary N) is 1. The summed E-state index contributed by atoms with van der Waals surface area (Å²) in [7, 11) is 1.83. The molecule has 0 atom stereocenters. The number of aliphatic hydroxyl groups excluding tert-OH is 1. The third-order valence-corrected chi connectivity index (χ3v) is 3.77. The van der Waals surface area contributed by atoms with E-state index in [9.17, 15) is 9.18 Å². The summed E-state index contributed by atoms with van der Waals surface area (Å²) in [5, 5.41) is 15.7. The molecule has 1 amide bonds. The molecule has 132 valence electrons. The third kappa shape index (κ3) is 4.01. The molecule has 0 fully saturated rings. The lowest BCUT2D eigenvalue weighted by Crippen LogP contribution is -2.08. The number of carbonyl (C=O) groups excluding carboxylic acids is 1. The number of aryl methyl sites for hydroxylation is 1. The molecule has 3 rings (SSSR count). The van der Waals surface area contributed by atoms with Gasteiger partial charge in [0.2, 0.25) is 5.91 Å². The number of pyridine rings is 1. The molecule has 6 nitrogen and oxygen atoms in total. The number of aliphatic hydroxyl groups is 1. The van der Waals surface area contributed by atoms with Gasteiger partial charge in [0.25, 0.3) is 0 Å². The fourth-order valence-electron chi connectivity index (χ4n) is 2.47. The number of hydrogen-bond donors (Lipinski definition) is 2. The molecule has 7 heteroatoms. The van der Waals surface area contributed by atoms with Crippen LogP contribution in [0.5, 0.6) is 0 Å². The highest BCUT2D eigenvalue weighted by atomic mass is 19.1. The van der Waals surface area contributed by atoms with Crippen LogP contribution in [-0.4, -0.2) is 25.8 Å². The normalized spacial score (nSPS) is 11.0. The zero-order chi connectivity index (χ0) is 18.5. The second kappa shape index (κ2) is 7.71. The van der Waals surface area contributed by atoms with Crippen LogP contribution in [0.15, 0.2) is 55.1 Å². The molecule has 0 aliphatic heterocycles. The molecule has 0 radical (unpaired) electrons. The lowest BCUT2D eigenvalue weighted by Gasteiger charge is -2.05. The van der Waals surface area contributed by atoms with Gasteiger partial charge in [0.15, 0.2) is 0 Å². The van der Waals surface area contributed by atoms with Gasteiger partial charge in [0, 0.05) is 54.1 Å². The highest BCUT2D eigenvalue weighted by molar-refractivity contribution is 6.02. The molecule has 2 heterocycles. The first-order chi connectivity index (χ1) is 12.6. The SMILES string of the molecule is Cn1cc(-c2ccncc2/C=C/C(=O)Nc2ccc(CO)c(F)c2)cn1. The van der Waals surface area contributed by atoms with Gasteiger partial charge in [-0.05, 0) is 29.8 Å². The van der Waals surface area contributed by atoms with Crippen molar-refractivity contribution in [2.45, 2.75) is 6.61 Å². The Hall–Kier alpha value is -3.32. The summed E-state index contributed by atoms with van der Waals surface area (Å²) in [6.07, 6.45) is 9.93. The van der Waals surface area contributed by atoms with Crippen molar-refractivity contribution < 1.29 is 14.3 Å². The maximum absolute atomic E-state index is 13.6. The molecule has 3 aromatic rings. The van der Waals surface area contributed by atoms with Crippen LogP contribution >= 0.6 is 0 Å². The van der Waals surface area contributed by atoms with E-state index in [1.165, 1.54) is 24.3 Å². The average Bonchev–Trinajstić information content (AvgIpc) is 3.07. The minimum Gasteiger partial charge on any atom is -0.392 e. The van der Waals surface area contributed by atoms with Crippen LogP contribution in [0.2, 0.25) is 0 Å². The average molecular weight is 352 g/mol. The van der Waals surface area contributed by atoms with Crippen molar-refractivity contribution in [1.82, 2.24) is 14.8 Å². The Balaban J connectivity index is 1.76. The lowest BCUT2D eigenvalue weighted by atomic mass is 10.0. The van der Waals surface area contributed by atoms with E-state index >= 15 is 0 Å². The molecule has 0 saturated heterocycles. The Kier molecular flexibility index (Phi) is 5.19. The maximum atomic E-state index is 13.6. The van der Waals surface area contributed by atoms with Crippen molar-refractivity contribution in [1.29, 1.82) is 0 Å². The summed E-state index contributed by atoms with van der Waals surface area (Å²) in [5.41, 5.74) is 3.06. The zero-order valence-corrected chi connectivity index (χ0v) is 14.1. The van der Waals surface area contributed by atoms with Crippen LogP contribution in [0, 0.1) is 5.82 Å². The largest absolute Gasteiger partial charge is 0.392 e. The summed E-state index contributed by atoms with van der Waals surface area (Å²) in [4.78, 5) is 16.2. The minimum atomic E-state index is -0.569. The van der Waals surface area contributed by atoms with Crippen molar-refractivity contribution in [3.05, 3.63) is 72.1 Å². The molecular weight excluding hydrogens is 335 g/mol. The number of halogens is 1. The molecule has 0 bridgehead atoms. The quantitative estimate of drug-likeness (QED) is 0.692. The van der Waals surface area contributed by atoms with Gasteiger partial charge < -0.3 is 10.4 Å². The molecule has 0 aliphatic rings. The molecule has 0 saturated carbocycles. The molecule has 0 aliphatic carbocycles. The Morgan fingerprint density at radius 3 is 2.88 bits per heavy atom. The van der Waals surface area contributed by atoms with Crippen LogP contribution in [-0.2, 0) is 18.4 Å². The fourth-order valence-corrected chi connectivity index (χ4v) is 2.47. The highest BCUT2D eigenvalue weighted by Crippen LogP contribution is 2.23. The standard InChI is InChI=1S/C19H17FN4O2/c1-24-11-15(10-22-24)17-6-7-21-9-13(17)3-5-19(26)23-16-4-2-14(12-25)18(20)8-16/h2-11,25H,12H2,1H3,(H,23,26)/b5-3+. The van der Waals surface area contributed by atoms with Crippen molar-refractivity contribution in [3.8, 4) is 11.1 Å². The second-order valence-electron chi connectivity index (χ2n) is 5.65. The van der Waals surface area contributed by atoms with Crippen molar-refractivity contribution >= 4 is 17.7 Å². The Morgan fingerprint density at radius 2 is 2.19 bits per heavy atom. The first-order valence-corrected chi connectivity index (χ1v) is 7.88. The number of hydrogen-bond acceptors (Lipinski definition) is 4. The van der Waals surface area contributed by atoms with E-state index in [2.05, 4.69) is 15.4 Å². The van der Waals surface area contributed by atoms with Crippen LogP contribution in [0.4, 0.5) is 10.1 Å². The molecule has 2 aromatic heterocycles. The Labute approximate surface area is 149 Å². The van der Waals surface area contributed by atoms with Gasteiger partial charge in [-0.15, -0.1) is 0 Å². The molecule has 2 N–H and O–H groups in total. The van der Waals surface area contributed by atoms with Gasteiger partial charge >= 0.3 is 0 Å². The number of anilines is 1. The van der Waals surface area contributed by atoms with Gasteiger partial charge in [0.05, 0.1) is 12.8 Å². The van der Waals surface area contributed by atoms with Gasteiger partial charge in [-0.1, -0.05) is 6.07 Å². The smallest absolute Gasteiger partial charge is 0.248 e. The predicted molar refractivity (Wildman–Crippen MR) is 96.4 cm³/mol. The number of nitrogens with zero attached hydrogens (tertiary/aromatic N) is 3. The zero-order valence-electron chi connectivity index (χ0n) is 14.1. The van der Waals surface area contributed by atoms with Crippen molar-refractivity contribution in [3.63, 3.8) is 0 Å². The number of aromatic nitrogens is 3. The summed E-state index contributed by atoms with van der Waals surface area (Å²) >= 11 is 0. The first kappa shape index (κ1) is 17.5. The monoisotopic (exact) mass is 352 g/mol. The molecule has 1 aromatic carbocycles. The number of amides is 1.